The molecule has 7 aromatic carbocycles. The van der Waals surface area contributed by atoms with E-state index >= 15 is 0 Å². The number of hydrogen-bond acceptors (Lipinski definition) is 4. The van der Waals surface area contributed by atoms with Crippen LogP contribution in [0.1, 0.15) is 0 Å². The second kappa shape index (κ2) is 12.7. The first-order chi connectivity index (χ1) is 28.2. The van der Waals surface area contributed by atoms with Crippen LogP contribution in [0.2, 0.25) is 0 Å². The zero-order chi connectivity index (χ0) is 39.6. The van der Waals surface area contributed by atoms with Gasteiger partial charge in [-0.15, -0.1) is 5.46 Å². The summed E-state index contributed by atoms with van der Waals surface area (Å²) in [4.78, 5) is 16.3. The average molecular weight is 736 g/mol. The Hall–Kier alpha value is -6.60. The summed E-state index contributed by atoms with van der Waals surface area (Å²) in [6.07, 6.45) is 0. The van der Waals surface area contributed by atoms with Crippen LogP contribution in [-0.4, -0.2) is 79.0 Å². The molecule has 266 valence electrons. The first kappa shape index (κ1) is 34.6. The Bertz CT molecular complexity index is 3540. The molecule has 0 saturated heterocycles. The summed E-state index contributed by atoms with van der Waals surface area (Å²) in [6.45, 7) is 0. The van der Waals surface area contributed by atoms with Crippen molar-refractivity contribution in [3.8, 4) is 34.4 Å². The molecular weight excluding hydrogens is 702 g/mol. The standard InChI is InChI=1S/C45H34B7N5O/c46-32-29-30-33(47)36(50)37(51)38(52)42(30)58-41(29)31(34(48)35(32)49)44-53-43(21-11-3-1-4-12-21)54-45(55-44)57-28-18-10-8-16-24(28)26-20-19-25-23-15-7-9-17-27(23)56(39(25)40(26)57)22-13-5-2-6-14-22/h1-20H,46-52H2. The molecule has 0 bridgehead atoms. The first-order valence-corrected chi connectivity index (χ1v) is 20.0. The Kier molecular flexibility index (Phi) is 7.59. The van der Waals surface area contributed by atoms with Crippen LogP contribution in [0.4, 0.5) is 0 Å². The number of hydrogen-bond donors (Lipinski definition) is 0. The molecule has 0 unspecified atom stereocenters. The fourth-order valence-corrected chi connectivity index (χ4v) is 9.45. The van der Waals surface area contributed by atoms with E-state index in [9.17, 15) is 0 Å². The van der Waals surface area contributed by atoms with Crippen LogP contribution in [0.5, 0.6) is 0 Å². The van der Waals surface area contributed by atoms with E-state index in [0.29, 0.717) is 17.6 Å². The third-order valence-corrected chi connectivity index (χ3v) is 13.0. The van der Waals surface area contributed by atoms with Crippen LogP contribution in [0.25, 0.3) is 100.0 Å². The van der Waals surface area contributed by atoms with Crippen LogP contribution in [0.15, 0.2) is 126 Å². The Morgan fingerprint density at radius 2 is 0.897 bits per heavy atom. The quantitative estimate of drug-likeness (QED) is 0.220. The minimum atomic E-state index is 0.549. The van der Waals surface area contributed by atoms with Gasteiger partial charge in [-0.25, -0.2) is 4.98 Å². The van der Waals surface area contributed by atoms with Crippen molar-refractivity contribution >= 4 is 159 Å². The lowest BCUT2D eigenvalue weighted by molar-refractivity contribution is 0.673. The third-order valence-electron chi connectivity index (χ3n) is 13.0. The molecule has 13 heteroatoms. The topological polar surface area (TPSA) is 61.7 Å². The summed E-state index contributed by atoms with van der Waals surface area (Å²) in [5.41, 5.74) is 17.4. The van der Waals surface area contributed by atoms with Gasteiger partial charge >= 0.3 is 0 Å². The summed E-state index contributed by atoms with van der Waals surface area (Å²) in [5.74, 6) is 1.73. The maximum absolute atomic E-state index is 7.06. The molecule has 0 fully saturated rings. The van der Waals surface area contributed by atoms with E-state index in [0.717, 1.165) is 71.7 Å². The van der Waals surface area contributed by atoms with E-state index in [2.05, 4.69) is 167 Å². The lowest BCUT2D eigenvalue weighted by atomic mass is 9.64. The van der Waals surface area contributed by atoms with Crippen molar-refractivity contribution in [1.29, 1.82) is 0 Å². The summed E-state index contributed by atoms with van der Waals surface area (Å²) in [7, 11) is 15.4. The van der Waals surface area contributed by atoms with Crippen LogP contribution in [0, 0.1) is 0 Å². The molecule has 0 radical (unpaired) electrons. The Balaban J connectivity index is 1.32. The van der Waals surface area contributed by atoms with Crippen molar-refractivity contribution in [2.24, 2.45) is 0 Å². The molecule has 11 rings (SSSR count). The Morgan fingerprint density at radius 3 is 1.55 bits per heavy atom. The van der Waals surface area contributed by atoms with Gasteiger partial charge in [0.1, 0.15) is 66.1 Å². The summed E-state index contributed by atoms with van der Waals surface area (Å²) < 4.78 is 11.7. The molecule has 58 heavy (non-hydrogen) atoms. The number of benzene rings is 7. The smallest absolute Gasteiger partial charge is 0.238 e. The molecule has 0 amide bonds. The number of aromatic nitrogens is 5. The highest BCUT2D eigenvalue weighted by molar-refractivity contribution is 6.69. The largest absolute Gasteiger partial charge is 0.456 e. The van der Waals surface area contributed by atoms with Gasteiger partial charge in [-0.1, -0.05) is 130 Å². The molecule has 0 aliphatic rings. The minimum Gasteiger partial charge on any atom is -0.456 e. The third kappa shape index (κ3) is 4.73. The number of furan rings is 1. The lowest BCUT2D eigenvalue weighted by Crippen LogP contribution is -2.48. The van der Waals surface area contributed by atoms with Gasteiger partial charge in [-0.05, 0) is 24.3 Å². The predicted octanol–water partition coefficient (Wildman–Crippen LogP) is -0.892. The van der Waals surface area contributed by atoms with Gasteiger partial charge in [0.05, 0.1) is 27.6 Å². The van der Waals surface area contributed by atoms with Gasteiger partial charge in [-0.2, -0.15) is 9.97 Å². The second-order valence-corrected chi connectivity index (χ2v) is 15.8. The van der Waals surface area contributed by atoms with Crippen LogP contribution >= 0.6 is 0 Å². The van der Waals surface area contributed by atoms with E-state index in [4.69, 9.17) is 19.4 Å². The van der Waals surface area contributed by atoms with E-state index < -0.39 is 0 Å². The molecule has 0 aliphatic heterocycles. The van der Waals surface area contributed by atoms with Crippen molar-refractivity contribution in [3.63, 3.8) is 0 Å². The van der Waals surface area contributed by atoms with Crippen LogP contribution < -0.4 is 38.2 Å². The monoisotopic (exact) mass is 737 g/mol. The summed E-state index contributed by atoms with van der Waals surface area (Å²) in [5, 5.41) is 6.92. The lowest BCUT2D eigenvalue weighted by Gasteiger charge is -2.16. The average Bonchev–Trinajstić information content (AvgIpc) is 3.93. The first-order valence-electron chi connectivity index (χ1n) is 20.0. The fourth-order valence-electron chi connectivity index (χ4n) is 9.45. The molecule has 4 heterocycles. The second-order valence-electron chi connectivity index (χ2n) is 15.8. The predicted molar refractivity (Wildman–Crippen MR) is 264 cm³/mol. The van der Waals surface area contributed by atoms with Gasteiger partial charge in [0.15, 0.2) is 11.6 Å². The number of para-hydroxylation sites is 3. The normalized spacial score (nSPS) is 11.9. The van der Waals surface area contributed by atoms with Crippen molar-refractivity contribution in [1.82, 2.24) is 24.1 Å². The van der Waals surface area contributed by atoms with Crippen LogP contribution in [-0.2, 0) is 0 Å². The zero-order valence-corrected chi connectivity index (χ0v) is 33.7. The molecule has 0 spiro atoms. The molecule has 11 aromatic rings. The highest BCUT2D eigenvalue weighted by atomic mass is 16.3. The van der Waals surface area contributed by atoms with Crippen LogP contribution in [0.3, 0.4) is 0 Å². The Morgan fingerprint density at radius 1 is 0.397 bits per heavy atom. The Labute approximate surface area is 341 Å². The molecular formula is C45H34B7N5O. The summed E-state index contributed by atoms with van der Waals surface area (Å²) in [6, 6.07) is 42.7. The van der Waals surface area contributed by atoms with E-state index in [-0.39, 0.29) is 0 Å². The zero-order valence-electron chi connectivity index (χ0n) is 33.7. The van der Waals surface area contributed by atoms with Crippen molar-refractivity contribution in [3.05, 3.63) is 121 Å². The van der Waals surface area contributed by atoms with Gasteiger partial charge in [0, 0.05) is 43.6 Å². The number of rotatable bonds is 4. The molecule has 0 aliphatic carbocycles. The van der Waals surface area contributed by atoms with Gasteiger partial charge in [-0.3, -0.25) is 4.57 Å². The molecule has 0 atom stereocenters. The highest BCUT2D eigenvalue weighted by Gasteiger charge is 2.27. The maximum Gasteiger partial charge on any atom is 0.238 e. The van der Waals surface area contributed by atoms with Crippen molar-refractivity contribution in [2.45, 2.75) is 0 Å². The van der Waals surface area contributed by atoms with E-state index in [1.165, 1.54) is 48.9 Å². The van der Waals surface area contributed by atoms with Gasteiger partial charge in [0.25, 0.3) is 0 Å². The molecule has 0 N–H and O–H groups in total. The molecule has 0 saturated carbocycles. The van der Waals surface area contributed by atoms with Crippen molar-refractivity contribution < 1.29 is 4.42 Å². The van der Waals surface area contributed by atoms with Crippen molar-refractivity contribution in [2.75, 3.05) is 0 Å². The number of fused-ring (bicyclic) bond motifs is 10. The highest BCUT2D eigenvalue weighted by Crippen LogP contribution is 2.41. The van der Waals surface area contributed by atoms with Gasteiger partial charge in [0.2, 0.25) is 5.95 Å². The summed E-state index contributed by atoms with van der Waals surface area (Å²) >= 11 is 0. The van der Waals surface area contributed by atoms with E-state index in [1.54, 1.807) is 0 Å². The maximum atomic E-state index is 7.06. The number of nitrogens with zero attached hydrogens (tertiary/aromatic N) is 5. The van der Waals surface area contributed by atoms with Gasteiger partial charge < -0.3 is 8.98 Å². The van der Waals surface area contributed by atoms with E-state index in [1.807, 2.05) is 18.2 Å². The molecule has 6 nitrogen and oxygen atoms in total. The fraction of sp³-hybridized carbons (Fsp3) is 0. The minimum absolute atomic E-state index is 0.549. The molecule has 4 aromatic heterocycles. The SMILES string of the molecule is Bc1c(B)c(B)c2c(oc3c(-c4nc(-c5ccccc5)nc(-n5c6ccccc6c6ccc7c8ccccc8n(-c8ccccc8)c7c65)n4)c(B)c(B)c(B)c32)c1B.